The molecule has 0 bridgehead atoms. The van der Waals surface area contributed by atoms with Crippen molar-refractivity contribution in [3.8, 4) is 0 Å². The van der Waals surface area contributed by atoms with Gasteiger partial charge >= 0.3 is 0 Å². The molecule has 16 heavy (non-hydrogen) atoms. The van der Waals surface area contributed by atoms with Gasteiger partial charge in [-0.15, -0.1) is 11.3 Å². The highest BCUT2D eigenvalue weighted by Gasteiger charge is 2.23. The van der Waals surface area contributed by atoms with Gasteiger partial charge in [-0.2, -0.15) is 0 Å². The van der Waals surface area contributed by atoms with Gasteiger partial charge in [-0.1, -0.05) is 6.92 Å². The highest BCUT2D eigenvalue weighted by Crippen LogP contribution is 2.34. The van der Waals surface area contributed by atoms with Gasteiger partial charge in [0, 0.05) is 25.0 Å². The average molecular weight is 240 g/mol. The summed E-state index contributed by atoms with van der Waals surface area (Å²) in [5.41, 5.74) is 1.13. The molecule has 0 saturated heterocycles. The molecule has 1 fully saturated rings. The summed E-state index contributed by atoms with van der Waals surface area (Å²) in [5.74, 6) is 0.911. The fourth-order valence-electron chi connectivity index (χ4n) is 1.72. The van der Waals surface area contributed by atoms with Crippen molar-refractivity contribution < 1.29 is 4.74 Å². The molecule has 0 aromatic carbocycles. The summed E-state index contributed by atoms with van der Waals surface area (Å²) >= 11 is 1.85. The number of nitrogens with one attached hydrogen (secondary N) is 1. The fourth-order valence-corrected chi connectivity index (χ4v) is 2.88. The molecule has 1 saturated carbocycles. The summed E-state index contributed by atoms with van der Waals surface area (Å²) in [4.78, 5) is 6.03. The van der Waals surface area contributed by atoms with Gasteiger partial charge < -0.3 is 10.1 Å². The van der Waals surface area contributed by atoms with E-state index in [9.17, 15) is 0 Å². The Morgan fingerprint density at radius 3 is 2.94 bits per heavy atom. The number of nitrogens with zero attached hydrogens (tertiary/aromatic N) is 1. The third kappa shape index (κ3) is 3.27. The lowest BCUT2D eigenvalue weighted by atomic mass is 10.3. The Balaban J connectivity index is 2.02. The fraction of sp³-hybridized carbons (Fsp3) is 0.750. The molecule has 90 valence electrons. The van der Waals surface area contributed by atoms with Gasteiger partial charge in [0.05, 0.1) is 17.3 Å². The molecule has 2 rings (SSSR count). The maximum Gasteiger partial charge on any atom is 0.0935 e. The van der Waals surface area contributed by atoms with Crippen molar-refractivity contribution in [2.24, 2.45) is 5.92 Å². The predicted molar refractivity (Wildman–Crippen MR) is 66.6 cm³/mol. The summed E-state index contributed by atoms with van der Waals surface area (Å²) in [6.07, 6.45) is 3.96. The molecule has 1 heterocycles. The number of ether oxygens (including phenoxy) is 1. The van der Waals surface area contributed by atoms with E-state index < -0.39 is 0 Å². The summed E-state index contributed by atoms with van der Waals surface area (Å²) < 4.78 is 5.20. The number of hydrogen-bond donors (Lipinski definition) is 1. The molecule has 1 N–H and O–H groups in total. The first kappa shape index (κ1) is 12.0. The van der Waals surface area contributed by atoms with Gasteiger partial charge in [0.25, 0.3) is 0 Å². The molecule has 0 spiro atoms. The van der Waals surface area contributed by atoms with Crippen molar-refractivity contribution in [3.05, 3.63) is 15.6 Å². The van der Waals surface area contributed by atoms with Crippen LogP contribution in [0.3, 0.4) is 0 Å². The van der Waals surface area contributed by atoms with Crippen molar-refractivity contribution in [2.45, 2.75) is 39.3 Å². The average Bonchev–Trinajstić information content (AvgIpc) is 2.99. The Kier molecular flexibility index (Phi) is 4.32. The molecule has 1 aromatic heterocycles. The zero-order valence-corrected chi connectivity index (χ0v) is 10.9. The SMILES string of the molecule is CCNCc1sc(CC2CC2)nc1COC. The molecule has 0 unspecified atom stereocenters. The standard InChI is InChI=1S/C12H20N2OS/c1-3-13-7-11-10(8-15-2)14-12(16-11)6-9-4-5-9/h9,13H,3-8H2,1-2H3. The van der Waals surface area contributed by atoms with Crippen LogP contribution in [0.25, 0.3) is 0 Å². The number of aromatic nitrogens is 1. The maximum absolute atomic E-state index is 5.20. The minimum absolute atomic E-state index is 0.641. The molecular weight excluding hydrogens is 220 g/mol. The van der Waals surface area contributed by atoms with E-state index in [1.54, 1.807) is 7.11 Å². The van der Waals surface area contributed by atoms with Crippen LogP contribution < -0.4 is 5.32 Å². The molecule has 4 heteroatoms. The Bertz CT molecular complexity index is 334. The normalized spacial score (nSPS) is 15.6. The van der Waals surface area contributed by atoms with Crippen LogP contribution in [0.4, 0.5) is 0 Å². The van der Waals surface area contributed by atoms with Gasteiger partial charge in [-0.25, -0.2) is 4.98 Å². The van der Waals surface area contributed by atoms with Gasteiger partial charge in [-0.3, -0.25) is 0 Å². The smallest absolute Gasteiger partial charge is 0.0935 e. The van der Waals surface area contributed by atoms with Crippen LogP contribution in [-0.2, 0) is 24.3 Å². The first-order valence-electron chi connectivity index (χ1n) is 6.00. The summed E-state index contributed by atoms with van der Waals surface area (Å²) in [6.45, 7) is 4.70. The molecule has 0 amide bonds. The number of hydrogen-bond acceptors (Lipinski definition) is 4. The van der Waals surface area contributed by atoms with Gasteiger partial charge in [0.1, 0.15) is 0 Å². The van der Waals surface area contributed by atoms with Crippen LogP contribution in [0.5, 0.6) is 0 Å². The number of rotatable bonds is 7. The van der Waals surface area contributed by atoms with E-state index in [0.29, 0.717) is 6.61 Å². The summed E-state index contributed by atoms with van der Waals surface area (Å²) in [7, 11) is 1.73. The lowest BCUT2D eigenvalue weighted by molar-refractivity contribution is 0.181. The zero-order chi connectivity index (χ0) is 11.4. The maximum atomic E-state index is 5.20. The van der Waals surface area contributed by atoms with Crippen molar-refractivity contribution in [3.63, 3.8) is 0 Å². The molecule has 0 aliphatic heterocycles. The number of thiazole rings is 1. The molecule has 0 radical (unpaired) electrons. The quantitative estimate of drug-likeness (QED) is 0.794. The van der Waals surface area contributed by atoms with Crippen LogP contribution in [0.1, 0.15) is 35.3 Å². The summed E-state index contributed by atoms with van der Waals surface area (Å²) in [6, 6.07) is 0. The molecule has 0 atom stereocenters. The van der Waals surface area contributed by atoms with E-state index in [2.05, 4.69) is 17.2 Å². The molecule has 1 aliphatic carbocycles. The topological polar surface area (TPSA) is 34.2 Å². The van der Waals surface area contributed by atoms with Crippen molar-refractivity contribution >= 4 is 11.3 Å². The van der Waals surface area contributed by atoms with Crippen molar-refractivity contribution in [1.82, 2.24) is 10.3 Å². The summed E-state index contributed by atoms with van der Waals surface area (Å²) in [5, 5.41) is 4.65. The monoisotopic (exact) mass is 240 g/mol. The van der Waals surface area contributed by atoms with Crippen LogP contribution >= 0.6 is 11.3 Å². The second kappa shape index (κ2) is 5.75. The van der Waals surface area contributed by atoms with Crippen molar-refractivity contribution in [2.75, 3.05) is 13.7 Å². The third-order valence-corrected chi connectivity index (χ3v) is 3.92. The van der Waals surface area contributed by atoms with Crippen LogP contribution in [0.2, 0.25) is 0 Å². The van der Waals surface area contributed by atoms with E-state index in [1.165, 1.54) is 29.1 Å². The molecule has 1 aromatic rings. The Morgan fingerprint density at radius 2 is 2.31 bits per heavy atom. The van der Waals surface area contributed by atoms with Crippen LogP contribution in [0, 0.1) is 5.92 Å². The van der Waals surface area contributed by atoms with Gasteiger partial charge in [-0.05, 0) is 25.3 Å². The lowest BCUT2D eigenvalue weighted by Gasteiger charge is -2.00. The predicted octanol–water partition coefficient (Wildman–Crippen LogP) is 2.35. The van der Waals surface area contributed by atoms with Gasteiger partial charge in [0.2, 0.25) is 0 Å². The largest absolute Gasteiger partial charge is 0.378 e. The van der Waals surface area contributed by atoms with Crippen LogP contribution in [-0.4, -0.2) is 18.6 Å². The Morgan fingerprint density at radius 1 is 1.50 bits per heavy atom. The zero-order valence-electron chi connectivity index (χ0n) is 10.1. The molecule has 1 aliphatic rings. The van der Waals surface area contributed by atoms with Gasteiger partial charge in [0.15, 0.2) is 0 Å². The highest BCUT2D eigenvalue weighted by atomic mass is 32.1. The second-order valence-electron chi connectivity index (χ2n) is 4.34. The first-order chi connectivity index (χ1) is 7.83. The van der Waals surface area contributed by atoms with Crippen LogP contribution in [0.15, 0.2) is 0 Å². The van der Waals surface area contributed by atoms with E-state index in [-0.39, 0.29) is 0 Å². The molecule has 3 nitrogen and oxygen atoms in total. The lowest BCUT2D eigenvalue weighted by Crippen LogP contribution is -2.12. The number of methoxy groups -OCH3 is 1. The van der Waals surface area contributed by atoms with E-state index in [4.69, 9.17) is 4.74 Å². The first-order valence-corrected chi connectivity index (χ1v) is 6.82. The van der Waals surface area contributed by atoms with E-state index in [1.807, 2.05) is 11.3 Å². The third-order valence-electron chi connectivity index (χ3n) is 2.80. The van der Waals surface area contributed by atoms with E-state index >= 15 is 0 Å². The minimum atomic E-state index is 0.641. The second-order valence-corrected chi connectivity index (χ2v) is 5.51. The highest BCUT2D eigenvalue weighted by molar-refractivity contribution is 7.11. The Labute approximate surface area is 101 Å². The van der Waals surface area contributed by atoms with E-state index in [0.717, 1.165) is 24.7 Å². The molecular formula is C12H20N2OS. The van der Waals surface area contributed by atoms with Crippen molar-refractivity contribution in [1.29, 1.82) is 0 Å². The Hall–Kier alpha value is -0.450. The minimum Gasteiger partial charge on any atom is -0.378 e.